The van der Waals surface area contributed by atoms with Gasteiger partial charge in [0.25, 0.3) is 0 Å². The van der Waals surface area contributed by atoms with E-state index in [1.165, 1.54) is 0 Å². The van der Waals surface area contributed by atoms with Gasteiger partial charge in [-0.1, -0.05) is 36.4 Å². The number of nitrogens with zero attached hydrogens (tertiary/aromatic N) is 1. The summed E-state index contributed by atoms with van der Waals surface area (Å²) in [6, 6.07) is 24.3. The molecule has 21 heavy (non-hydrogen) atoms. The summed E-state index contributed by atoms with van der Waals surface area (Å²) in [5.41, 5.74) is 2.01. The van der Waals surface area contributed by atoms with E-state index in [4.69, 9.17) is 25.3 Å². The van der Waals surface area contributed by atoms with E-state index in [0.717, 1.165) is 21.0 Å². The third-order valence-corrected chi connectivity index (χ3v) is 3.34. The number of benzene rings is 2. The minimum atomic E-state index is 0. The van der Waals surface area contributed by atoms with Crippen LogP contribution in [0.3, 0.4) is 0 Å². The van der Waals surface area contributed by atoms with E-state index in [2.05, 4.69) is 11.1 Å². The molecule has 0 saturated heterocycles. The Labute approximate surface area is 150 Å². The van der Waals surface area contributed by atoms with E-state index in [1.807, 2.05) is 66.7 Å². The zero-order valence-electron chi connectivity index (χ0n) is 11.0. The normalized spacial score (nSPS) is 8.95. The molecule has 0 aliphatic carbocycles. The van der Waals surface area contributed by atoms with Crippen LogP contribution in [0.25, 0.3) is 11.3 Å². The Bertz CT molecular complexity index is 587. The zero-order chi connectivity index (χ0) is 14.2. The second-order valence-corrected chi connectivity index (χ2v) is 4.82. The van der Waals surface area contributed by atoms with Crippen LogP contribution in [0.1, 0.15) is 0 Å². The monoisotopic (exact) mass is 489 g/mol. The van der Waals surface area contributed by atoms with E-state index in [1.54, 1.807) is 6.20 Å². The molecule has 1 heterocycles. The molecule has 0 fully saturated rings. The van der Waals surface area contributed by atoms with Crippen LogP contribution >= 0.6 is 0 Å². The average Bonchev–Trinajstić information content (AvgIpc) is 2.53. The van der Waals surface area contributed by atoms with Crippen LogP contribution in [0, 0.1) is 6.07 Å². The van der Waals surface area contributed by atoms with Crippen molar-refractivity contribution in [2.45, 2.75) is 9.79 Å². The number of aromatic nitrogens is 1. The Hall–Kier alpha value is -1.28. The van der Waals surface area contributed by atoms with Crippen molar-refractivity contribution in [1.29, 1.82) is 0 Å². The third-order valence-electron chi connectivity index (χ3n) is 2.50. The maximum Gasteiger partial charge on any atom is 0.0160 e. The van der Waals surface area contributed by atoms with Crippen LogP contribution in [0.15, 0.2) is 82.7 Å². The van der Waals surface area contributed by atoms with Gasteiger partial charge in [-0.15, -0.1) is 35.9 Å². The molecule has 0 bridgehead atoms. The van der Waals surface area contributed by atoms with Crippen molar-refractivity contribution in [2.75, 3.05) is 0 Å². The molecule has 0 aliphatic rings. The van der Waals surface area contributed by atoms with Crippen LogP contribution < -0.4 is 0 Å². The van der Waals surface area contributed by atoms with Crippen molar-refractivity contribution in [3.63, 3.8) is 0 Å². The van der Waals surface area contributed by atoms with E-state index in [9.17, 15) is 0 Å². The molecule has 1 nitrogen and oxygen atoms in total. The molecule has 0 unspecified atom stereocenters. The Morgan fingerprint density at radius 3 is 1.86 bits per heavy atom. The van der Waals surface area contributed by atoms with Gasteiger partial charge in [0.15, 0.2) is 0 Å². The summed E-state index contributed by atoms with van der Waals surface area (Å²) in [4.78, 5) is 5.75. The third kappa shape index (κ3) is 5.92. The fourth-order valence-electron chi connectivity index (χ4n) is 1.52. The van der Waals surface area contributed by atoms with Crippen LogP contribution in [0.4, 0.5) is 0 Å². The predicted octanol–water partition coefficient (Wildman–Crippen LogP) is 4.04. The topological polar surface area (TPSA) is 12.9 Å². The Balaban J connectivity index is 0.000000216. The van der Waals surface area contributed by atoms with Crippen molar-refractivity contribution in [2.24, 2.45) is 0 Å². The molecule has 3 aromatic rings. The van der Waals surface area contributed by atoms with E-state index in [-0.39, 0.29) is 21.1 Å². The predicted molar refractivity (Wildman–Crippen MR) is 86.2 cm³/mol. The molecule has 0 atom stereocenters. The molecule has 0 radical (unpaired) electrons. The van der Waals surface area contributed by atoms with Gasteiger partial charge >= 0.3 is 0 Å². The maximum atomic E-state index is 4.85. The molecule has 0 N–H and O–H groups in total. The first kappa shape index (κ1) is 17.8. The molecule has 2 aromatic carbocycles. The first-order valence-corrected chi connectivity index (χ1v) is 6.90. The van der Waals surface area contributed by atoms with E-state index >= 15 is 0 Å². The van der Waals surface area contributed by atoms with Crippen LogP contribution in [-0.2, 0) is 46.3 Å². The van der Waals surface area contributed by atoms with Gasteiger partial charge in [0.1, 0.15) is 0 Å². The fraction of sp³-hybridized carbons (Fsp3) is 0. The summed E-state index contributed by atoms with van der Waals surface area (Å²) < 4.78 is 0. The summed E-state index contributed by atoms with van der Waals surface area (Å²) in [5.74, 6) is 0. The van der Waals surface area contributed by atoms with Gasteiger partial charge in [-0.05, 0) is 11.8 Å². The van der Waals surface area contributed by atoms with E-state index in [0.29, 0.717) is 0 Å². The Kier molecular flexibility index (Phi) is 8.14. The zero-order valence-corrected chi connectivity index (χ0v) is 14.9. The molecular formula is C17H12NPtS2-3. The average molecular weight is 490 g/mol. The minimum Gasteiger partial charge on any atom is -0.781 e. The molecule has 0 spiro atoms. The molecule has 110 valence electrons. The largest absolute Gasteiger partial charge is 0.781 e. The second-order valence-electron chi connectivity index (χ2n) is 3.94. The van der Waals surface area contributed by atoms with E-state index < -0.39 is 0 Å². The van der Waals surface area contributed by atoms with Gasteiger partial charge < -0.3 is 30.2 Å². The first-order chi connectivity index (χ1) is 9.77. The quantitative estimate of drug-likeness (QED) is 0.378. The number of pyridine rings is 1. The van der Waals surface area contributed by atoms with Crippen LogP contribution in [0.5, 0.6) is 0 Å². The summed E-state index contributed by atoms with van der Waals surface area (Å²) in [6.45, 7) is 0. The molecular weight excluding hydrogens is 477 g/mol. The van der Waals surface area contributed by atoms with Crippen molar-refractivity contribution in [1.82, 2.24) is 4.98 Å². The maximum absolute atomic E-state index is 4.85. The van der Waals surface area contributed by atoms with Gasteiger partial charge in [0.2, 0.25) is 0 Å². The van der Waals surface area contributed by atoms with Crippen molar-refractivity contribution in [3.8, 4) is 11.3 Å². The smallest absolute Gasteiger partial charge is 0.0160 e. The molecule has 3 rings (SSSR count). The molecule has 1 aromatic heterocycles. The van der Waals surface area contributed by atoms with Gasteiger partial charge in [0.05, 0.1) is 0 Å². The molecule has 0 aliphatic heterocycles. The van der Waals surface area contributed by atoms with Crippen LogP contribution in [-0.4, -0.2) is 4.98 Å². The van der Waals surface area contributed by atoms with Crippen molar-refractivity contribution >= 4 is 25.3 Å². The molecule has 0 amide bonds. The summed E-state index contributed by atoms with van der Waals surface area (Å²) in [6.07, 6.45) is 1.79. The number of rotatable bonds is 1. The van der Waals surface area contributed by atoms with Crippen molar-refractivity contribution in [3.05, 3.63) is 79.0 Å². The van der Waals surface area contributed by atoms with Gasteiger partial charge in [0, 0.05) is 27.3 Å². The Morgan fingerprint density at radius 2 is 1.38 bits per heavy atom. The summed E-state index contributed by atoms with van der Waals surface area (Å²) in [5, 5.41) is 0. The summed E-state index contributed by atoms with van der Waals surface area (Å²) >= 11 is 9.70. The SMILES string of the molecule is [Pt].[S-]c1ccccc1[S-].[c-]1ccccc1-c1ccccn1. The standard InChI is InChI=1S/C11H8N.C6H6S2.Pt/c1-2-6-10(7-3-1)11-8-4-5-9-12-11;7-5-3-1-2-4-6(5)8;/h1-6,8-9H;1-4,7-8H;/q-1;;/p-2. The number of hydrogen-bond donors (Lipinski definition) is 0. The van der Waals surface area contributed by atoms with Gasteiger partial charge in [-0.3, -0.25) is 0 Å². The Morgan fingerprint density at radius 1 is 0.762 bits per heavy atom. The number of hydrogen-bond acceptors (Lipinski definition) is 3. The molecule has 4 heteroatoms. The van der Waals surface area contributed by atoms with Gasteiger partial charge in [-0.2, -0.15) is 9.79 Å². The summed E-state index contributed by atoms with van der Waals surface area (Å²) in [7, 11) is 0. The van der Waals surface area contributed by atoms with Crippen LogP contribution in [0.2, 0.25) is 0 Å². The second kappa shape index (κ2) is 9.62. The minimum absolute atomic E-state index is 0. The fourth-order valence-corrected chi connectivity index (χ4v) is 1.82. The van der Waals surface area contributed by atoms with Crippen molar-refractivity contribution < 1.29 is 21.1 Å². The molecule has 0 saturated carbocycles. The van der Waals surface area contributed by atoms with Gasteiger partial charge in [-0.25, -0.2) is 0 Å². The first-order valence-electron chi connectivity index (χ1n) is 6.08.